The van der Waals surface area contributed by atoms with Crippen LogP contribution in [0.4, 0.5) is 5.82 Å². The minimum absolute atomic E-state index is 0.0279. The molecule has 0 saturated heterocycles. The van der Waals surface area contributed by atoms with Gasteiger partial charge in [-0.1, -0.05) is 23.7 Å². The van der Waals surface area contributed by atoms with Gasteiger partial charge < -0.3 is 9.88 Å². The number of nitrogens with zero attached hydrogens (tertiary/aromatic N) is 4. The van der Waals surface area contributed by atoms with Crippen LogP contribution >= 0.6 is 11.6 Å². The van der Waals surface area contributed by atoms with Crippen molar-refractivity contribution in [2.75, 3.05) is 5.32 Å². The largest absolute Gasteiger partial charge is 0.360 e. The summed E-state index contributed by atoms with van der Waals surface area (Å²) in [4.78, 5) is 26.3. The zero-order valence-corrected chi connectivity index (χ0v) is 16.0. The number of rotatable bonds is 4. The van der Waals surface area contributed by atoms with Crippen LogP contribution in [0.15, 0.2) is 53.7 Å². The third-order valence-electron chi connectivity index (χ3n) is 5.16. The van der Waals surface area contributed by atoms with Crippen molar-refractivity contribution >= 4 is 39.2 Å². The molecule has 3 aromatic heterocycles. The fraction of sp³-hybridized carbons (Fsp3) is 0.238. The summed E-state index contributed by atoms with van der Waals surface area (Å²) in [6, 6.07) is 11.5. The number of nitrogens with one attached hydrogen (secondary N) is 1. The molecular formula is C21H18ClN5O. The predicted molar refractivity (Wildman–Crippen MR) is 111 cm³/mol. The van der Waals surface area contributed by atoms with Crippen molar-refractivity contribution in [3.05, 3.63) is 70.0 Å². The summed E-state index contributed by atoms with van der Waals surface area (Å²) in [6.45, 7) is 2.03. The van der Waals surface area contributed by atoms with Gasteiger partial charge in [-0.25, -0.2) is 9.97 Å². The van der Waals surface area contributed by atoms with Crippen LogP contribution in [0.1, 0.15) is 37.5 Å². The third-order valence-corrected chi connectivity index (χ3v) is 5.48. The van der Waals surface area contributed by atoms with Crippen LogP contribution in [-0.4, -0.2) is 19.5 Å². The first-order valence-electron chi connectivity index (χ1n) is 9.29. The quantitative estimate of drug-likeness (QED) is 0.554. The van der Waals surface area contributed by atoms with Crippen molar-refractivity contribution in [3.8, 4) is 0 Å². The van der Waals surface area contributed by atoms with Crippen LogP contribution in [0, 0.1) is 0 Å². The molecule has 0 bridgehead atoms. The molecule has 7 heteroatoms. The number of halogens is 1. The van der Waals surface area contributed by atoms with Gasteiger partial charge in [0.15, 0.2) is 5.82 Å². The van der Waals surface area contributed by atoms with Crippen LogP contribution in [0.25, 0.3) is 21.8 Å². The van der Waals surface area contributed by atoms with E-state index in [-0.39, 0.29) is 17.6 Å². The molecule has 140 valence electrons. The summed E-state index contributed by atoms with van der Waals surface area (Å²) >= 11 is 6.33. The van der Waals surface area contributed by atoms with Crippen molar-refractivity contribution in [1.82, 2.24) is 19.5 Å². The minimum Gasteiger partial charge on any atom is -0.360 e. The SMILES string of the molecule is CC(Nc1ncnc2cccnc12)c1cc2cccc(Cl)c2c(=O)n1C1CC1. The Morgan fingerprint density at radius 3 is 2.86 bits per heavy atom. The molecule has 0 amide bonds. The Balaban J connectivity index is 1.64. The van der Waals surface area contributed by atoms with Gasteiger partial charge in [-0.15, -0.1) is 0 Å². The second-order valence-electron chi connectivity index (χ2n) is 7.14. The lowest BCUT2D eigenvalue weighted by atomic mass is 10.1. The molecule has 28 heavy (non-hydrogen) atoms. The summed E-state index contributed by atoms with van der Waals surface area (Å²) in [7, 11) is 0. The van der Waals surface area contributed by atoms with Gasteiger partial charge >= 0.3 is 0 Å². The Kier molecular flexibility index (Phi) is 4.02. The number of hydrogen-bond donors (Lipinski definition) is 1. The van der Waals surface area contributed by atoms with Gasteiger partial charge in [-0.05, 0) is 49.4 Å². The monoisotopic (exact) mass is 391 g/mol. The molecule has 1 saturated carbocycles. The molecule has 4 aromatic rings. The van der Waals surface area contributed by atoms with Crippen molar-refractivity contribution in [3.63, 3.8) is 0 Å². The van der Waals surface area contributed by atoms with E-state index in [9.17, 15) is 4.79 Å². The van der Waals surface area contributed by atoms with E-state index in [4.69, 9.17) is 11.6 Å². The highest BCUT2D eigenvalue weighted by Gasteiger charge is 2.29. The van der Waals surface area contributed by atoms with E-state index in [0.717, 1.165) is 29.4 Å². The molecule has 1 aromatic carbocycles. The molecule has 0 aliphatic heterocycles. The zero-order chi connectivity index (χ0) is 19.3. The first kappa shape index (κ1) is 17.1. The highest BCUT2D eigenvalue weighted by Crippen LogP contribution is 2.37. The Bertz CT molecular complexity index is 1260. The highest BCUT2D eigenvalue weighted by molar-refractivity contribution is 6.35. The van der Waals surface area contributed by atoms with Gasteiger partial charge in [0.2, 0.25) is 0 Å². The van der Waals surface area contributed by atoms with Crippen LogP contribution in [0.2, 0.25) is 5.02 Å². The van der Waals surface area contributed by atoms with E-state index in [1.54, 1.807) is 12.3 Å². The van der Waals surface area contributed by atoms with Gasteiger partial charge in [0.05, 0.1) is 22.0 Å². The molecule has 1 N–H and O–H groups in total. The van der Waals surface area contributed by atoms with Gasteiger partial charge in [0.25, 0.3) is 5.56 Å². The number of benzene rings is 1. The molecule has 1 unspecified atom stereocenters. The average Bonchev–Trinajstić information content (AvgIpc) is 3.53. The maximum Gasteiger partial charge on any atom is 0.260 e. The molecule has 1 atom stereocenters. The predicted octanol–water partition coefficient (Wildman–Crippen LogP) is 4.50. The van der Waals surface area contributed by atoms with Gasteiger partial charge in [-0.3, -0.25) is 9.78 Å². The fourth-order valence-corrected chi connectivity index (χ4v) is 3.94. The maximum absolute atomic E-state index is 13.2. The molecular weight excluding hydrogens is 374 g/mol. The Hall–Kier alpha value is -2.99. The number of hydrogen-bond acceptors (Lipinski definition) is 5. The molecule has 6 nitrogen and oxygen atoms in total. The maximum atomic E-state index is 13.2. The first-order valence-corrected chi connectivity index (χ1v) is 9.67. The van der Waals surface area contributed by atoms with E-state index < -0.39 is 0 Å². The van der Waals surface area contributed by atoms with Crippen molar-refractivity contribution in [1.29, 1.82) is 0 Å². The lowest BCUT2D eigenvalue weighted by molar-refractivity contribution is 0.636. The van der Waals surface area contributed by atoms with E-state index in [0.29, 0.717) is 21.7 Å². The van der Waals surface area contributed by atoms with Crippen molar-refractivity contribution in [2.45, 2.75) is 31.8 Å². The van der Waals surface area contributed by atoms with Crippen molar-refractivity contribution < 1.29 is 0 Å². The average molecular weight is 392 g/mol. The van der Waals surface area contributed by atoms with E-state index in [2.05, 4.69) is 26.3 Å². The lowest BCUT2D eigenvalue weighted by Crippen LogP contribution is -2.26. The molecule has 3 heterocycles. The number of fused-ring (bicyclic) bond motifs is 2. The van der Waals surface area contributed by atoms with Crippen LogP contribution in [0.5, 0.6) is 0 Å². The van der Waals surface area contributed by atoms with Gasteiger partial charge in [-0.2, -0.15) is 0 Å². The summed E-state index contributed by atoms with van der Waals surface area (Å²) in [5, 5.41) is 5.35. The number of pyridine rings is 2. The second-order valence-corrected chi connectivity index (χ2v) is 7.55. The second kappa shape index (κ2) is 6.56. The third kappa shape index (κ3) is 2.81. The smallest absolute Gasteiger partial charge is 0.260 e. The zero-order valence-electron chi connectivity index (χ0n) is 15.3. The topological polar surface area (TPSA) is 72.7 Å². The van der Waals surface area contributed by atoms with E-state index in [1.807, 2.05) is 35.8 Å². The number of aromatic nitrogens is 4. The highest BCUT2D eigenvalue weighted by atomic mass is 35.5. The van der Waals surface area contributed by atoms with Crippen molar-refractivity contribution in [2.24, 2.45) is 0 Å². The summed E-state index contributed by atoms with van der Waals surface area (Å²) in [5.41, 5.74) is 2.38. The minimum atomic E-state index is -0.142. The molecule has 0 radical (unpaired) electrons. The molecule has 1 fully saturated rings. The van der Waals surface area contributed by atoms with Crippen LogP contribution in [-0.2, 0) is 0 Å². The molecule has 1 aliphatic carbocycles. The lowest BCUT2D eigenvalue weighted by Gasteiger charge is -2.21. The normalized spacial score (nSPS) is 15.1. The van der Waals surface area contributed by atoms with Gasteiger partial charge in [0, 0.05) is 17.9 Å². The van der Waals surface area contributed by atoms with E-state index in [1.165, 1.54) is 6.33 Å². The summed E-state index contributed by atoms with van der Waals surface area (Å²) in [5.74, 6) is 0.652. The first-order chi connectivity index (χ1) is 13.6. The van der Waals surface area contributed by atoms with E-state index >= 15 is 0 Å². The standard InChI is InChI=1S/C21H18ClN5O/c1-12(26-20-19-16(24-11-25-20)6-3-9-23-19)17-10-13-4-2-5-15(22)18(13)21(28)27(17)14-7-8-14/h2-6,9-12,14H,7-8H2,1H3,(H,24,25,26). The van der Waals surface area contributed by atoms with Gasteiger partial charge in [0.1, 0.15) is 11.8 Å². The molecule has 5 rings (SSSR count). The van der Waals surface area contributed by atoms with Crippen LogP contribution in [0.3, 0.4) is 0 Å². The fourth-order valence-electron chi connectivity index (χ4n) is 3.67. The summed E-state index contributed by atoms with van der Waals surface area (Å²) in [6.07, 6.45) is 5.26. The molecule has 1 aliphatic rings. The number of anilines is 1. The van der Waals surface area contributed by atoms with Crippen LogP contribution < -0.4 is 10.9 Å². The summed E-state index contributed by atoms with van der Waals surface area (Å²) < 4.78 is 1.89. The Morgan fingerprint density at radius 2 is 2.04 bits per heavy atom. The molecule has 0 spiro atoms. The Labute approximate surface area is 166 Å². The Morgan fingerprint density at radius 1 is 1.18 bits per heavy atom.